The van der Waals surface area contributed by atoms with Crippen molar-refractivity contribution in [2.45, 2.75) is 25.8 Å². The van der Waals surface area contributed by atoms with E-state index in [1.165, 1.54) is 4.90 Å². The highest BCUT2D eigenvalue weighted by Gasteiger charge is 2.38. The van der Waals surface area contributed by atoms with Crippen molar-refractivity contribution < 1.29 is 23.1 Å². The fourth-order valence-corrected chi connectivity index (χ4v) is 3.71. The zero-order chi connectivity index (χ0) is 17.2. The van der Waals surface area contributed by atoms with Crippen molar-refractivity contribution in [1.29, 1.82) is 0 Å². The number of aliphatic carboxylic acids is 1. The molecule has 7 nitrogen and oxygen atoms in total. The zero-order valence-electron chi connectivity index (χ0n) is 12.8. The Kier molecular flexibility index (Phi) is 5.06. The number of nitrogens with two attached hydrogens (primary N) is 1. The lowest BCUT2D eigenvalue weighted by Gasteiger charge is -2.25. The molecule has 1 aliphatic rings. The maximum atomic E-state index is 12.1. The third-order valence-corrected chi connectivity index (χ3v) is 4.85. The number of carbonyl (C=O) groups excluding carboxylic acids is 1. The second-order valence-corrected chi connectivity index (χ2v) is 7.65. The van der Waals surface area contributed by atoms with Gasteiger partial charge in [-0.05, 0) is 12.5 Å². The van der Waals surface area contributed by atoms with Gasteiger partial charge in [0, 0.05) is 25.3 Å². The zero-order valence-corrected chi connectivity index (χ0v) is 13.6. The van der Waals surface area contributed by atoms with Gasteiger partial charge in [-0.3, -0.25) is 4.79 Å². The highest BCUT2D eigenvalue weighted by Crippen LogP contribution is 2.23. The van der Waals surface area contributed by atoms with Gasteiger partial charge in [0.2, 0.25) is 15.9 Å². The van der Waals surface area contributed by atoms with E-state index in [2.05, 4.69) is 0 Å². The Morgan fingerprint density at radius 1 is 1.39 bits per heavy atom. The highest BCUT2D eigenvalue weighted by molar-refractivity contribution is 7.89. The summed E-state index contributed by atoms with van der Waals surface area (Å²) in [5.41, 5.74) is 1.87. The summed E-state index contributed by atoms with van der Waals surface area (Å²) in [5.74, 6) is -2.22. The molecule has 1 saturated heterocycles. The van der Waals surface area contributed by atoms with Crippen molar-refractivity contribution in [2.24, 2.45) is 11.1 Å². The molecule has 1 heterocycles. The predicted molar refractivity (Wildman–Crippen MR) is 84.1 cm³/mol. The molecule has 126 valence electrons. The lowest BCUT2D eigenvalue weighted by molar-refractivity contribution is -0.148. The van der Waals surface area contributed by atoms with Crippen molar-refractivity contribution in [1.82, 2.24) is 4.90 Å². The molecule has 2 rings (SSSR count). The van der Waals surface area contributed by atoms with Crippen molar-refractivity contribution in [2.75, 3.05) is 12.3 Å². The first-order valence-corrected chi connectivity index (χ1v) is 8.95. The summed E-state index contributed by atoms with van der Waals surface area (Å²) in [6.45, 7) is 2.03. The minimum absolute atomic E-state index is 0.00804. The first-order valence-electron chi connectivity index (χ1n) is 7.24. The van der Waals surface area contributed by atoms with Crippen LogP contribution in [0.1, 0.15) is 17.5 Å². The van der Waals surface area contributed by atoms with Crippen LogP contribution in [0.25, 0.3) is 0 Å². The van der Waals surface area contributed by atoms with Gasteiger partial charge in [-0.2, -0.15) is 0 Å². The fourth-order valence-electron chi connectivity index (χ4n) is 2.83. The van der Waals surface area contributed by atoms with Crippen LogP contribution in [0, 0.1) is 12.8 Å². The van der Waals surface area contributed by atoms with Crippen LogP contribution in [-0.4, -0.2) is 48.6 Å². The molecule has 0 saturated carbocycles. The predicted octanol–water partition coefficient (Wildman–Crippen LogP) is 0.128. The summed E-state index contributed by atoms with van der Waals surface area (Å²) in [7, 11) is -3.69. The first-order chi connectivity index (χ1) is 10.7. The van der Waals surface area contributed by atoms with Gasteiger partial charge >= 0.3 is 5.97 Å². The lowest BCUT2D eigenvalue weighted by atomic mass is 10.0. The summed E-state index contributed by atoms with van der Waals surface area (Å²) in [6, 6.07) is 6.41. The number of carboxylic acids is 1. The van der Waals surface area contributed by atoms with Gasteiger partial charge < -0.3 is 10.0 Å². The minimum atomic E-state index is -3.69. The molecule has 1 aromatic carbocycles. The van der Waals surface area contributed by atoms with E-state index in [1.807, 2.05) is 31.2 Å². The van der Waals surface area contributed by atoms with Crippen LogP contribution >= 0.6 is 0 Å². The third-order valence-electron chi connectivity index (χ3n) is 3.92. The monoisotopic (exact) mass is 340 g/mol. The van der Waals surface area contributed by atoms with Crippen molar-refractivity contribution >= 4 is 21.9 Å². The van der Waals surface area contributed by atoms with Gasteiger partial charge in [0.05, 0.1) is 5.75 Å². The SMILES string of the molecule is Cc1ccc(C[C@@H](C(=O)O)N2CC(CS(N)(=O)=O)CC2=O)cc1. The Morgan fingerprint density at radius 3 is 2.52 bits per heavy atom. The average molecular weight is 340 g/mol. The van der Waals surface area contributed by atoms with E-state index in [-0.39, 0.29) is 31.0 Å². The van der Waals surface area contributed by atoms with Crippen LogP contribution in [0.2, 0.25) is 0 Å². The lowest BCUT2D eigenvalue weighted by Crippen LogP contribution is -2.44. The molecule has 1 unspecified atom stereocenters. The Labute approximate surface area is 135 Å². The molecule has 3 N–H and O–H groups in total. The molecule has 1 aliphatic heterocycles. The summed E-state index contributed by atoms with van der Waals surface area (Å²) in [4.78, 5) is 24.9. The van der Waals surface area contributed by atoms with E-state index in [4.69, 9.17) is 5.14 Å². The maximum absolute atomic E-state index is 12.1. The van der Waals surface area contributed by atoms with Crippen LogP contribution in [0.15, 0.2) is 24.3 Å². The molecule has 0 aliphatic carbocycles. The van der Waals surface area contributed by atoms with Gasteiger partial charge in [-0.1, -0.05) is 29.8 Å². The first kappa shape index (κ1) is 17.4. The number of primary sulfonamides is 1. The van der Waals surface area contributed by atoms with E-state index in [0.29, 0.717) is 0 Å². The summed E-state index contributed by atoms with van der Waals surface area (Å²) in [6.07, 6.45) is 0.192. The number of rotatable bonds is 6. The van der Waals surface area contributed by atoms with Crippen LogP contribution in [0.5, 0.6) is 0 Å². The normalized spacial score (nSPS) is 19.8. The third kappa shape index (κ3) is 4.77. The molecule has 2 atom stereocenters. The van der Waals surface area contributed by atoms with Gasteiger partial charge in [0.1, 0.15) is 6.04 Å². The number of likely N-dealkylation sites (tertiary alicyclic amines) is 1. The minimum Gasteiger partial charge on any atom is -0.480 e. The van der Waals surface area contributed by atoms with Crippen molar-refractivity contribution in [3.05, 3.63) is 35.4 Å². The molecule has 0 bridgehead atoms. The molecule has 1 amide bonds. The maximum Gasteiger partial charge on any atom is 0.326 e. The smallest absolute Gasteiger partial charge is 0.326 e. The Balaban J connectivity index is 2.13. The number of aryl methyl sites for hydroxylation is 1. The van der Waals surface area contributed by atoms with Crippen LogP contribution in [0.4, 0.5) is 0 Å². The molecule has 23 heavy (non-hydrogen) atoms. The largest absolute Gasteiger partial charge is 0.480 e. The van der Waals surface area contributed by atoms with Gasteiger partial charge in [0.15, 0.2) is 0 Å². The molecule has 0 spiro atoms. The van der Waals surface area contributed by atoms with Crippen LogP contribution < -0.4 is 5.14 Å². The molecule has 1 aromatic rings. The van der Waals surface area contributed by atoms with E-state index in [1.54, 1.807) is 0 Å². The average Bonchev–Trinajstić information content (AvgIpc) is 2.76. The van der Waals surface area contributed by atoms with Gasteiger partial charge in [-0.15, -0.1) is 0 Å². The molecular weight excluding hydrogens is 320 g/mol. The molecule has 0 radical (unpaired) electrons. The van der Waals surface area contributed by atoms with Gasteiger partial charge in [0.25, 0.3) is 0 Å². The Bertz CT molecular complexity index is 699. The second kappa shape index (κ2) is 6.67. The van der Waals surface area contributed by atoms with Crippen molar-refractivity contribution in [3.8, 4) is 0 Å². The van der Waals surface area contributed by atoms with E-state index < -0.39 is 28.0 Å². The number of benzene rings is 1. The topological polar surface area (TPSA) is 118 Å². The number of nitrogens with zero attached hydrogens (tertiary/aromatic N) is 1. The number of amides is 1. The summed E-state index contributed by atoms with van der Waals surface area (Å²) >= 11 is 0. The van der Waals surface area contributed by atoms with Crippen LogP contribution in [-0.2, 0) is 26.0 Å². The van der Waals surface area contributed by atoms with E-state index >= 15 is 0 Å². The van der Waals surface area contributed by atoms with Crippen molar-refractivity contribution in [3.63, 3.8) is 0 Å². The highest BCUT2D eigenvalue weighted by atomic mass is 32.2. The number of carbonyl (C=O) groups is 2. The number of carboxylic acid groups (broad SMARTS) is 1. The fraction of sp³-hybridized carbons (Fsp3) is 0.467. The summed E-state index contributed by atoms with van der Waals surface area (Å²) in [5, 5.41) is 14.5. The molecule has 0 aromatic heterocycles. The summed E-state index contributed by atoms with van der Waals surface area (Å²) < 4.78 is 22.3. The number of hydrogen-bond donors (Lipinski definition) is 2. The molecular formula is C15H20N2O5S. The van der Waals surface area contributed by atoms with Crippen LogP contribution in [0.3, 0.4) is 0 Å². The Hall–Kier alpha value is -1.93. The molecule has 1 fully saturated rings. The second-order valence-electron chi connectivity index (χ2n) is 5.99. The van der Waals surface area contributed by atoms with Gasteiger partial charge in [-0.25, -0.2) is 18.4 Å². The Morgan fingerprint density at radius 2 is 2.00 bits per heavy atom. The number of sulfonamides is 1. The van der Waals surface area contributed by atoms with E-state index in [0.717, 1.165) is 11.1 Å². The molecule has 8 heteroatoms. The standard InChI is InChI=1S/C15H20N2O5S/c1-10-2-4-11(5-3-10)6-13(15(19)20)17-8-12(7-14(17)18)9-23(16,21)22/h2-5,12-13H,6-9H2,1H3,(H,19,20)(H2,16,21,22)/t12?,13-/m0/s1. The quantitative estimate of drug-likeness (QED) is 0.763. The van der Waals surface area contributed by atoms with E-state index in [9.17, 15) is 23.1 Å². The number of hydrogen-bond acceptors (Lipinski definition) is 4.